The quantitative estimate of drug-likeness (QED) is 0.291. The normalized spacial score (nSPS) is 11.3. The molecule has 0 aliphatic heterocycles. The Morgan fingerprint density at radius 3 is 1.33 bits per heavy atom. The average molecular weight is 421 g/mol. The monoisotopic (exact) mass is 420 g/mol. The van der Waals surface area contributed by atoms with Crippen LogP contribution in [0.5, 0.6) is 0 Å². The summed E-state index contributed by atoms with van der Waals surface area (Å²) in [5.74, 6) is 0. The lowest BCUT2D eigenvalue weighted by Crippen LogP contribution is -1.90. The zero-order valence-electron chi connectivity index (χ0n) is 15.9. The van der Waals surface area contributed by atoms with Crippen molar-refractivity contribution in [3.8, 4) is 32.5 Å². The molecule has 4 heteroatoms. The first kappa shape index (κ1) is 17.5. The molecular formula is C26H16N2S2. The molecule has 30 heavy (non-hydrogen) atoms. The highest BCUT2D eigenvalue weighted by Crippen LogP contribution is 2.35. The Morgan fingerprint density at radius 2 is 0.867 bits per heavy atom. The van der Waals surface area contributed by atoms with Crippen molar-refractivity contribution < 1.29 is 0 Å². The van der Waals surface area contributed by atoms with Gasteiger partial charge in [0.1, 0.15) is 0 Å². The molecular weight excluding hydrogens is 404 g/mol. The van der Waals surface area contributed by atoms with Crippen LogP contribution in [0.15, 0.2) is 97.1 Å². The van der Waals surface area contributed by atoms with Gasteiger partial charge in [0.2, 0.25) is 0 Å². The summed E-state index contributed by atoms with van der Waals surface area (Å²) in [6, 6.07) is 33.7. The van der Waals surface area contributed by atoms with E-state index in [2.05, 4.69) is 84.9 Å². The Hall–Kier alpha value is -3.34. The summed E-state index contributed by atoms with van der Waals surface area (Å²) in [6.45, 7) is 0. The number of aromatic nitrogens is 2. The van der Waals surface area contributed by atoms with Crippen molar-refractivity contribution in [2.75, 3.05) is 0 Å². The summed E-state index contributed by atoms with van der Waals surface area (Å²) in [7, 11) is 0. The third-order valence-electron chi connectivity index (χ3n) is 5.12. The van der Waals surface area contributed by atoms with Gasteiger partial charge in [-0.15, -0.1) is 22.7 Å². The molecule has 0 unspecified atom stereocenters. The molecule has 0 aliphatic rings. The van der Waals surface area contributed by atoms with Crippen molar-refractivity contribution in [2.45, 2.75) is 0 Å². The van der Waals surface area contributed by atoms with E-state index in [1.807, 2.05) is 12.1 Å². The summed E-state index contributed by atoms with van der Waals surface area (Å²) in [5.41, 5.74) is 3.77. The SMILES string of the molecule is c1cc(-c2cccc(-c3cc4ccccc4s3)n2)nc(-c2cc3ccccc3s2)c1. The molecule has 0 fully saturated rings. The molecule has 4 heterocycles. The Labute approximate surface area is 182 Å². The predicted octanol–water partition coefficient (Wildman–Crippen LogP) is 7.91. The summed E-state index contributed by atoms with van der Waals surface area (Å²) in [6.07, 6.45) is 0. The second-order valence-electron chi connectivity index (χ2n) is 7.11. The number of pyridine rings is 2. The van der Waals surface area contributed by atoms with Gasteiger partial charge in [0.05, 0.1) is 32.5 Å². The highest BCUT2D eigenvalue weighted by molar-refractivity contribution is 7.22. The topological polar surface area (TPSA) is 25.8 Å². The number of nitrogens with zero attached hydrogens (tertiary/aromatic N) is 2. The molecule has 6 aromatic rings. The van der Waals surface area contributed by atoms with Crippen LogP contribution in [0.25, 0.3) is 52.7 Å². The van der Waals surface area contributed by atoms with Gasteiger partial charge in [-0.1, -0.05) is 48.5 Å². The van der Waals surface area contributed by atoms with Crippen LogP contribution < -0.4 is 0 Å². The van der Waals surface area contributed by atoms with Crippen LogP contribution in [-0.2, 0) is 0 Å². The van der Waals surface area contributed by atoms with Crippen LogP contribution in [0.4, 0.5) is 0 Å². The highest BCUT2D eigenvalue weighted by Gasteiger charge is 2.10. The fourth-order valence-corrected chi connectivity index (χ4v) is 5.71. The second kappa shape index (κ2) is 7.17. The Bertz CT molecular complexity index is 1330. The first-order chi connectivity index (χ1) is 14.8. The standard InChI is InChI=1S/C26H16N2S2/c1-3-13-23-17(7-1)15-25(29-23)21-11-5-9-19(27-21)20-10-6-12-22(28-20)26-16-18-8-2-4-14-24(18)30-26/h1-16H. The van der Waals surface area contributed by atoms with Crippen LogP contribution >= 0.6 is 22.7 Å². The van der Waals surface area contributed by atoms with E-state index in [-0.39, 0.29) is 0 Å². The van der Waals surface area contributed by atoms with Crippen LogP contribution in [0.1, 0.15) is 0 Å². The van der Waals surface area contributed by atoms with Crippen molar-refractivity contribution in [3.63, 3.8) is 0 Å². The smallest absolute Gasteiger partial charge is 0.0894 e. The number of thiophene rings is 2. The van der Waals surface area contributed by atoms with E-state index in [1.54, 1.807) is 22.7 Å². The number of fused-ring (bicyclic) bond motifs is 2. The van der Waals surface area contributed by atoms with E-state index >= 15 is 0 Å². The van der Waals surface area contributed by atoms with Gasteiger partial charge in [-0.2, -0.15) is 0 Å². The first-order valence-electron chi connectivity index (χ1n) is 9.76. The number of hydrogen-bond acceptors (Lipinski definition) is 4. The molecule has 2 aromatic carbocycles. The van der Waals surface area contributed by atoms with Crippen LogP contribution in [-0.4, -0.2) is 9.97 Å². The second-order valence-corrected chi connectivity index (χ2v) is 9.28. The van der Waals surface area contributed by atoms with Gasteiger partial charge in [0, 0.05) is 9.40 Å². The molecule has 0 spiro atoms. The first-order valence-corrected chi connectivity index (χ1v) is 11.4. The molecule has 0 aliphatic carbocycles. The Kier molecular flexibility index (Phi) is 4.18. The maximum atomic E-state index is 4.94. The Morgan fingerprint density at radius 1 is 0.433 bits per heavy atom. The molecule has 0 N–H and O–H groups in total. The van der Waals surface area contributed by atoms with Gasteiger partial charge in [0.15, 0.2) is 0 Å². The molecule has 0 saturated carbocycles. The lowest BCUT2D eigenvalue weighted by Gasteiger charge is -2.05. The molecule has 0 saturated heterocycles. The summed E-state index contributed by atoms with van der Waals surface area (Å²) >= 11 is 3.55. The predicted molar refractivity (Wildman–Crippen MR) is 129 cm³/mol. The minimum absolute atomic E-state index is 0.896. The van der Waals surface area contributed by atoms with Crippen molar-refractivity contribution >= 4 is 42.8 Å². The third-order valence-corrected chi connectivity index (χ3v) is 7.39. The molecule has 4 aromatic heterocycles. The van der Waals surface area contributed by atoms with E-state index in [4.69, 9.17) is 9.97 Å². The van der Waals surface area contributed by atoms with E-state index < -0.39 is 0 Å². The van der Waals surface area contributed by atoms with Gasteiger partial charge in [-0.25, -0.2) is 9.97 Å². The lowest BCUT2D eigenvalue weighted by molar-refractivity contribution is 1.26. The fourth-order valence-electron chi connectivity index (χ4n) is 3.65. The van der Waals surface area contributed by atoms with Crippen molar-refractivity contribution in [1.82, 2.24) is 9.97 Å². The number of rotatable bonds is 3. The molecule has 142 valence electrons. The zero-order valence-corrected chi connectivity index (χ0v) is 17.6. The zero-order chi connectivity index (χ0) is 19.9. The summed E-state index contributed by atoms with van der Waals surface area (Å²) < 4.78 is 2.56. The van der Waals surface area contributed by atoms with Crippen LogP contribution in [0.3, 0.4) is 0 Å². The molecule has 0 radical (unpaired) electrons. The number of benzene rings is 2. The number of hydrogen-bond donors (Lipinski definition) is 0. The fraction of sp³-hybridized carbons (Fsp3) is 0. The van der Waals surface area contributed by atoms with Crippen molar-refractivity contribution in [1.29, 1.82) is 0 Å². The minimum atomic E-state index is 0.896. The maximum Gasteiger partial charge on any atom is 0.0894 e. The van der Waals surface area contributed by atoms with Crippen LogP contribution in [0, 0.1) is 0 Å². The Balaban J connectivity index is 1.41. The van der Waals surface area contributed by atoms with E-state index in [9.17, 15) is 0 Å². The van der Waals surface area contributed by atoms with Crippen molar-refractivity contribution in [3.05, 3.63) is 97.1 Å². The van der Waals surface area contributed by atoms with E-state index in [0.717, 1.165) is 22.8 Å². The van der Waals surface area contributed by atoms with Gasteiger partial charge >= 0.3 is 0 Å². The van der Waals surface area contributed by atoms with E-state index in [1.165, 1.54) is 29.9 Å². The summed E-state index contributed by atoms with van der Waals surface area (Å²) in [4.78, 5) is 12.2. The summed E-state index contributed by atoms with van der Waals surface area (Å²) in [5, 5.41) is 2.52. The molecule has 0 atom stereocenters. The van der Waals surface area contributed by atoms with E-state index in [0.29, 0.717) is 0 Å². The highest BCUT2D eigenvalue weighted by atomic mass is 32.1. The minimum Gasteiger partial charge on any atom is -0.245 e. The molecule has 0 bridgehead atoms. The van der Waals surface area contributed by atoms with Crippen LogP contribution in [0.2, 0.25) is 0 Å². The van der Waals surface area contributed by atoms with Gasteiger partial charge in [-0.3, -0.25) is 0 Å². The van der Waals surface area contributed by atoms with Crippen molar-refractivity contribution in [2.24, 2.45) is 0 Å². The average Bonchev–Trinajstić information content (AvgIpc) is 3.44. The maximum absolute atomic E-state index is 4.94. The van der Waals surface area contributed by atoms with Gasteiger partial charge in [-0.05, 0) is 59.3 Å². The third kappa shape index (κ3) is 3.11. The molecule has 2 nitrogen and oxygen atoms in total. The van der Waals surface area contributed by atoms with Gasteiger partial charge in [0.25, 0.3) is 0 Å². The molecule has 6 rings (SSSR count). The lowest BCUT2D eigenvalue weighted by atomic mass is 10.2. The molecule has 0 amide bonds. The van der Waals surface area contributed by atoms with Gasteiger partial charge < -0.3 is 0 Å². The largest absolute Gasteiger partial charge is 0.245 e.